The van der Waals surface area contributed by atoms with E-state index < -0.39 is 11.2 Å². The van der Waals surface area contributed by atoms with E-state index in [0.29, 0.717) is 25.6 Å². The second kappa shape index (κ2) is 7.36. The normalized spacial score (nSPS) is 35.1. The first-order valence-corrected chi connectivity index (χ1v) is 8.75. The molecule has 2 atom stereocenters. The standard InChI is InChI=1S/C17H32N2O4/c1-12-17(21,9-10-22-12)11-18-13-5-7-14(8-6-13)19-15(20)23-16(2,3)4/h12-14,18,21H,5-11H2,1-4H3,(H,19,20). The first-order chi connectivity index (χ1) is 10.7. The van der Waals surface area contributed by atoms with E-state index in [1.54, 1.807) is 0 Å². The Morgan fingerprint density at radius 2 is 1.87 bits per heavy atom. The van der Waals surface area contributed by atoms with Crippen LogP contribution in [0.5, 0.6) is 0 Å². The summed E-state index contributed by atoms with van der Waals surface area (Å²) in [6.07, 6.45) is 4.09. The van der Waals surface area contributed by atoms with Crippen molar-refractivity contribution in [3.8, 4) is 0 Å². The van der Waals surface area contributed by atoms with Gasteiger partial charge in [-0.2, -0.15) is 0 Å². The average molecular weight is 328 g/mol. The lowest BCUT2D eigenvalue weighted by Crippen LogP contribution is -2.50. The molecule has 2 fully saturated rings. The van der Waals surface area contributed by atoms with E-state index in [-0.39, 0.29) is 18.2 Å². The summed E-state index contributed by atoms with van der Waals surface area (Å²) in [5.41, 5.74) is -1.20. The van der Waals surface area contributed by atoms with E-state index in [4.69, 9.17) is 9.47 Å². The van der Waals surface area contributed by atoms with Crippen molar-refractivity contribution in [1.29, 1.82) is 0 Å². The van der Waals surface area contributed by atoms with Gasteiger partial charge in [-0.25, -0.2) is 4.79 Å². The van der Waals surface area contributed by atoms with Crippen molar-refractivity contribution in [2.75, 3.05) is 13.2 Å². The second-order valence-corrected chi connectivity index (χ2v) is 7.94. The monoisotopic (exact) mass is 328 g/mol. The van der Waals surface area contributed by atoms with E-state index >= 15 is 0 Å². The van der Waals surface area contributed by atoms with Gasteiger partial charge in [0.2, 0.25) is 0 Å². The molecule has 0 spiro atoms. The number of hydrogen-bond donors (Lipinski definition) is 3. The number of aliphatic hydroxyl groups is 1. The van der Waals surface area contributed by atoms with Gasteiger partial charge in [-0.15, -0.1) is 0 Å². The van der Waals surface area contributed by atoms with Gasteiger partial charge in [-0.3, -0.25) is 0 Å². The molecule has 1 saturated heterocycles. The Morgan fingerprint density at radius 1 is 1.26 bits per heavy atom. The van der Waals surface area contributed by atoms with Crippen molar-refractivity contribution < 1.29 is 19.4 Å². The van der Waals surface area contributed by atoms with Crippen molar-refractivity contribution >= 4 is 6.09 Å². The number of carbonyl (C=O) groups excluding carboxylic acids is 1. The van der Waals surface area contributed by atoms with Crippen molar-refractivity contribution in [2.24, 2.45) is 0 Å². The van der Waals surface area contributed by atoms with Gasteiger partial charge in [0.1, 0.15) is 11.2 Å². The summed E-state index contributed by atoms with van der Waals surface area (Å²) in [6.45, 7) is 8.73. The number of nitrogens with one attached hydrogen (secondary N) is 2. The van der Waals surface area contributed by atoms with Gasteiger partial charge in [0.15, 0.2) is 0 Å². The van der Waals surface area contributed by atoms with Gasteiger partial charge in [0, 0.05) is 31.7 Å². The van der Waals surface area contributed by atoms with Crippen LogP contribution in [-0.2, 0) is 9.47 Å². The van der Waals surface area contributed by atoms with E-state index in [2.05, 4.69) is 10.6 Å². The van der Waals surface area contributed by atoms with Gasteiger partial charge in [0.25, 0.3) is 0 Å². The molecule has 134 valence electrons. The van der Waals surface area contributed by atoms with E-state index in [0.717, 1.165) is 25.7 Å². The van der Waals surface area contributed by atoms with Crippen molar-refractivity contribution in [1.82, 2.24) is 10.6 Å². The van der Waals surface area contributed by atoms with Crippen LogP contribution in [0.15, 0.2) is 0 Å². The minimum absolute atomic E-state index is 0.111. The van der Waals surface area contributed by atoms with Gasteiger partial charge >= 0.3 is 6.09 Å². The van der Waals surface area contributed by atoms with Crippen molar-refractivity contribution in [3.63, 3.8) is 0 Å². The van der Waals surface area contributed by atoms with Crippen LogP contribution < -0.4 is 10.6 Å². The Labute approximate surface area is 139 Å². The summed E-state index contributed by atoms with van der Waals surface area (Å²) in [7, 11) is 0. The molecule has 2 unspecified atom stereocenters. The van der Waals surface area contributed by atoms with Gasteiger partial charge < -0.3 is 25.2 Å². The Balaban J connectivity index is 1.67. The molecule has 3 N–H and O–H groups in total. The SMILES string of the molecule is CC1OCCC1(O)CNC1CCC(NC(=O)OC(C)(C)C)CC1. The molecule has 6 nitrogen and oxygen atoms in total. The molecule has 0 aromatic rings. The minimum atomic E-state index is -0.744. The van der Waals surface area contributed by atoms with Crippen molar-refractivity contribution in [2.45, 2.75) is 89.2 Å². The average Bonchev–Trinajstić information content (AvgIpc) is 2.76. The van der Waals surface area contributed by atoms with Gasteiger partial charge in [0.05, 0.1) is 6.10 Å². The highest BCUT2D eigenvalue weighted by molar-refractivity contribution is 5.68. The highest BCUT2D eigenvalue weighted by Crippen LogP contribution is 2.26. The summed E-state index contributed by atoms with van der Waals surface area (Å²) in [5.74, 6) is 0. The van der Waals surface area contributed by atoms with Crippen LogP contribution >= 0.6 is 0 Å². The minimum Gasteiger partial charge on any atom is -0.444 e. The molecule has 1 aliphatic carbocycles. The van der Waals surface area contributed by atoms with E-state index in [1.807, 2.05) is 27.7 Å². The van der Waals surface area contributed by atoms with Gasteiger partial charge in [-0.05, 0) is 53.4 Å². The van der Waals surface area contributed by atoms with Crippen LogP contribution in [0.2, 0.25) is 0 Å². The lowest BCUT2D eigenvalue weighted by Gasteiger charge is -2.33. The van der Waals surface area contributed by atoms with Crippen LogP contribution in [-0.4, -0.2) is 53.7 Å². The maximum atomic E-state index is 11.8. The fourth-order valence-electron chi connectivity index (χ4n) is 3.24. The zero-order chi connectivity index (χ0) is 17.1. The first kappa shape index (κ1) is 18.5. The highest BCUT2D eigenvalue weighted by Gasteiger charge is 2.39. The molecular weight excluding hydrogens is 296 g/mol. The zero-order valence-electron chi connectivity index (χ0n) is 14.9. The van der Waals surface area contributed by atoms with Crippen LogP contribution in [0, 0.1) is 0 Å². The lowest BCUT2D eigenvalue weighted by atomic mass is 9.90. The second-order valence-electron chi connectivity index (χ2n) is 7.94. The number of amides is 1. The van der Waals surface area contributed by atoms with Crippen molar-refractivity contribution in [3.05, 3.63) is 0 Å². The van der Waals surface area contributed by atoms with Crippen LogP contribution in [0.3, 0.4) is 0 Å². The third-order valence-corrected chi connectivity index (χ3v) is 4.80. The maximum Gasteiger partial charge on any atom is 0.407 e. The molecule has 1 saturated carbocycles. The Hall–Kier alpha value is -0.850. The quantitative estimate of drug-likeness (QED) is 0.735. The number of carbonyl (C=O) groups is 1. The Morgan fingerprint density at radius 3 is 2.39 bits per heavy atom. The molecule has 0 aromatic heterocycles. The topological polar surface area (TPSA) is 79.8 Å². The molecule has 2 rings (SSSR count). The third-order valence-electron chi connectivity index (χ3n) is 4.80. The number of hydrogen-bond acceptors (Lipinski definition) is 5. The molecule has 0 aromatic carbocycles. The predicted molar refractivity (Wildman–Crippen MR) is 88.4 cm³/mol. The fourth-order valence-corrected chi connectivity index (χ4v) is 3.24. The summed E-state index contributed by atoms with van der Waals surface area (Å²) in [6, 6.07) is 0.572. The smallest absolute Gasteiger partial charge is 0.407 e. The largest absolute Gasteiger partial charge is 0.444 e. The molecule has 0 radical (unpaired) electrons. The molecule has 0 bridgehead atoms. The van der Waals surface area contributed by atoms with Gasteiger partial charge in [-0.1, -0.05) is 0 Å². The lowest BCUT2D eigenvalue weighted by molar-refractivity contribution is -0.0283. The highest BCUT2D eigenvalue weighted by atomic mass is 16.6. The molecular formula is C17H32N2O4. The molecule has 2 aliphatic rings. The summed E-state index contributed by atoms with van der Waals surface area (Å²) >= 11 is 0. The molecule has 6 heteroatoms. The molecule has 23 heavy (non-hydrogen) atoms. The molecule has 1 heterocycles. The maximum absolute atomic E-state index is 11.8. The number of alkyl carbamates (subject to hydrolysis) is 1. The molecule has 1 amide bonds. The third kappa shape index (κ3) is 5.62. The van der Waals surface area contributed by atoms with Crippen LogP contribution in [0.25, 0.3) is 0 Å². The first-order valence-electron chi connectivity index (χ1n) is 8.75. The number of rotatable bonds is 4. The van der Waals surface area contributed by atoms with E-state index in [9.17, 15) is 9.90 Å². The zero-order valence-corrected chi connectivity index (χ0v) is 14.9. The fraction of sp³-hybridized carbons (Fsp3) is 0.941. The Bertz CT molecular complexity index is 402. The Kier molecular flexibility index (Phi) is 5.92. The van der Waals surface area contributed by atoms with Crippen LogP contribution in [0.4, 0.5) is 4.79 Å². The molecule has 1 aliphatic heterocycles. The summed E-state index contributed by atoms with van der Waals surface area (Å²) < 4.78 is 10.8. The van der Waals surface area contributed by atoms with E-state index in [1.165, 1.54) is 0 Å². The predicted octanol–water partition coefficient (Wildman–Crippen LogP) is 1.95. The summed E-state index contributed by atoms with van der Waals surface area (Å²) in [4.78, 5) is 11.8. The van der Waals surface area contributed by atoms with Crippen LogP contribution in [0.1, 0.15) is 59.8 Å². The number of ether oxygens (including phenoxy) is 2. The summed E-state index contributed by atoms with van der Waals surface area (Å²) in [5, 5.41) is 16.9.